The molecule has 1 atom stereocenters. The fourth-order valence-corrected chi connectivity index (χ4v) is 2.42. The van der Waals surface area contributed by atoms with E-state index in [0.717, 1.165) is 12.8 Å². The molecule has 0 bridgehead atoms. The van der Waals surface area contributed by atoms with Gasteiger partial charge in [-0.05, 0) is 38.5 Å². The molecule has 0 spiro atoms. The first-order valence-corrected chi connectivity index (χ1v) is 8.86. The van der Waals surface area contributed by atoms with E-state index in [0.29, 0.717) is 0 Å². The second-order valence-electron chi connectivity index (χ2n) is 5.94. The van der Waals surface area contributed by atoms with E-state index in [2.05, 4.69) is 19.1 Å². The molecule has 0 aliphatic heterocycles. The normalized spacial score (nSPS) is 13.2. The average molecular weight is 283 g/mol. The Labute approximate surface area is 126 Å². The SMILES string of the molecule is CCCCCC/C=C\CCCCCCCCCC(N)O. The lowest BCUT2D eigenvalue weighted by Gasteiger charge is -2.03. The van der Waals surface area contributed by atoms with Crippen LogP contribution in [0, 0.1) is 0 Å². The van der Waals surface area contributed by atoms with Gasteiger partial charge in [0.25, 0.3) is 0 Å². The minimum atomic E-state index is -0.608. The molecule has 0 aliphatic carbocycles. The van der Waals surface area contributed by atoms with Crippen LogP contribution in [0.1, 0.15) is 96.8 Å². The molecule has 0 heterocycles. The topological polar surface area (TPSA) is 46.2 Å². The maximum atomic E-state index is 8.93. The largest absolute Gasteiger partial charge is 0.379 e. The Morgan fingerprint density at radius 2 is 1.20 bits per heavy atom. The van der Waals surface area contributed by atoms with Crippen molar-refractivity contribution in [3.63, 3.8) is 0 Å². The zero-order valence-corrected chi connectivity index (χ0v) is 13.7. The third-order valence-corrected chi connectivity index (χ3v) is 3.76. The molecule has 2 heteroatoms. The van der Waals surface area contributed by atoms with E-state index in [-0.39, 0.29) is 0 Å². The molecule has 0 aromatic heterocycles. The monoisotopic (exact) mass is 283 g/mol. The molecule has 3 N–H and O–H groups in total. The van der Waals surface area contributed by atoms with E-state index in [1.165, 1.54) is 77.0 Å². The summed E-state index contributed by atoms with van der Waals surface area (Å²) >= 11 is 0. The quantitative estimate of drug-likeness (QED) is 0.243. The van der Waals surface area contributed by atoms with Crippen molar-refractivity contribution in [2.24, 2.45) is 5.73 Å². The van der Waals surface area contributed by atoms with Gasteiger partial charge >= 0.3 is 0 Å². The number of rotatable bonds is 15. The molecule has 2 nitrogen and oxygen atoms in total. The van der Waals surface area contributed by atoms with E-state index in [1.54, 1.807) is 0 Å². The molecule has 0 rings (SSSR count). The standard InChI is InChI=1S/C18H37NO/c1-2-3-4-5-6-7-8-9-10-11-12-13-14-15-16-17-18(19)20/h7-8,18,20H,2-6,9-17,19H2,1H3/b8-7-. The van der Waals surface area contributed by atoms with Crippen molar-refractivity contribution >= 4 is 0 Å². The van der Waals surface area contributed by atoms with Gasteiger partial charge in [-0.1, -0.05) is 70.4 Å². The first-order chi connectivity index (χ1) is 9.77. The van der Waals surface area contributed by atoms with Gasteiger partial charge in [-0.3, -0.25) is 0 Å². The molecular weight excluding hydrogens is 246 g/mol. The molecule has 120 valence electrons. The van der Waals surface area contributed by atoms with Crippen molar-refractivity contribution in [2.75, 3.05) is 0 Å². The van der Waals surface area contributed by atoms with Gasteiger partial charge in [-0.15, -0.1) is 0 Å². The molecule has 0 amide bonds. The maximum Gasteiger partial charge on any atom is 0.102 e. The summed E-state index contributed by atoms with van der Waals surface area (Å²) in [6, 6.07) is 0. The second kappa shape index (κ2) is 16.7. The van der Waals surface area contributed by atoms with Crippen molar-refractivity contribution in [3.8, 4) is 0 Å². The summed E-state index contributed by atoms with van der Waals surface area (Å²) < 4.78 is 0. The highest BCUT2D eigenvalue weighted by atomic mass is 16.3. The average Bonchev–Trinajstić information content (AvgIpc) is 2.43. The Hall–Kier alpha value is -0.340. The fraction of sp³-hybridized carbons (Fsp3) is 0.889. The molecule has 20 heavy (non-hydrogen) atoms. The van der Waals surface area contributed by atoms with Gasteiger partial charge in [0.05, 0.1) is 0 Å². The molecule has 0 aliphatic rings. The van der Waals surface area contributed by atoms with Gasteiger partial charge in [0, 0.05) is 0 Å². The van der Waals surface area contributed by atoms with Gasteiger partial charge in [0.2, 0.25) is 0 Å². The summed E-state index contributed by atoms with van der Waals surface area (Å²) in [5.41, 5.74) is 5.30. The summed E-state index contributed by atoms with van der Waals surface area (Å²) in [7, 11) is 0. The molecule has 0 radical (unpaired) electrons. The van der Waals surface area contributed by atoms with E-state index in [1.807, 2.05) is 0 Å². The smallest absolute Gasteiger partial charge is 0.102 e. The zero-order chi connectivity index (χ0) is 14.9. The summed E-state index contributed by atoms with van der Waals surface area (Å²) in [6.45, 7) is 2.26. The number of hydrogen-bond acceptors (Lipinski definition) is 2. The van der Waals surface area contributed by atoms with Gasteiger partial charge in [0.1, 0.15) is 6.23 Å². The first-order valence-electron chi connectivity index (χ1n) is 8.86. The van der Waals surface area contributed by atoms with Crippen LogP contribution in [0.25, 0.3) is 0 Å². The Kier molecular flexibility index (Phi) is 16.4. The summed E-state index contributed by atoms with van der Waals surface area (Å²) in [5, 5.41) is 8.93. The van der Waals surface area contributed by atoms with E-state index >= 15 is 0 Å². The van der Waals surface area contributed by atoms with Crippen molar-refractivity contribution in [3.05, 3.63) is 12.2 Å². The van der Waals surface area contributed by atoms with E-state index < -0.39 is 6.23 Å². The van der Waals surface area contributed by atoms with Gasteiger partial charge in [-0.2, -0.15) is 0 Å². The van der Waals surface area contributed by atoms with Crippen molar-refractivity contribution in [1.82, 2.24) is 0 Å². The van der Waals surface area contributed by atoms with Crippen LogP contribution >= 0.6 is 0 Å². The lowest BCUT2D eigenvalue weighted by Crippen LogP contribution is -2.17. The molecular formula is C18H37NO. The highest BCUT2D eigenvalue weighted by molar-refractivity contribution is 4.81. The highest BCUT2D eigenvalue weighted by Crippen LogP contribution is 2.10. The molecule has 0 saturated carbocycles. The van der Waals surface area contributed by atoms with Gasteiger partial charge in [0.15, 0.2) is 0 Å². The first kappa shape index (κ1) is 19.7. The maximum absolute atomic E-state index is 8.93. The Balaban J connectivity index is 3.03. The van der Waals surface area contributed by atoms with Crippen LogP contribution in [-0.2, 0) is 0 Å². The van der Waals surface area contributed by atoms with Crippen LogP contribution in [0.3, 0.4) is 0 Å². The second-order valence-corrected chi connectivity index (χ2v) is 5.94. The number of aliphatic hydroxyl groups is 1. The van der Waals surface area contributed by atoms with Crippen LogP contribution < -0.4 is 5.73 Å². The van der Waals surface area contributed by atoms with Gasteiger partial charge in [-0.25, -0.2) is 0 Å². The number of allylic oxidation sites excluding steroid dienone is 2. The highest BCUT2D eigenvalue weighted by Gasteiger charge is 1.95. The molecule has 0 saturated heterocycles. The van der Waals surface area contributed by atoms with Crippen LogP contribution in [-0.4, -0.2) is 11.3 Å². The predicted molar refractivity (Wildman–Crippen MR) is 89.6 cm³/mol. The third kappa shape index (κ3) is 17.7. The minimum Gasteiger partial charge on any atom is -0.379 e. The zero-order valence-electron chi connectivity index (χ0n) is 13.7. The van der Waals surface area contributed by atoms with Crippen molar-refractivity contribution < 1.29 is 5.11 Å². The summed E-state index contributed by atoms with van der Waals surface area (Å²) in [5.74, 6) is 0. The molecule has 1 unspecified atom stereocenters. The van der Waals surface area contributed by atoms with Crippen LogP contribution in [0.2, 0.25) is 0 Å². The Morgan fingerprint density at radius 3 is 1.70 bits per heavy atom. The van der Waals surface area contributed by atoms with Crippen LogP contribution in [0.4, 0.5) is 0 Å². The number of hydrogen-bond donors (Lipinski definition) is 2. The lowest BCUT2D eigenvalue weighted by molar-refractivity contribution is 0.168. The van der Waals surface area contributed by atoms with Crippen molar-refractivity contribution in [1.29, 1.82) is 0 Å². The van der Waals surface area contributed by atoms with E-state index in [9.17, 15) is 0 Å². The lowest BCUT2D eigenvalue weighted by atomic mass is 10.1. The van der Waals surface area contributed by atoms with Crippen molar-refractivity contribution in [2.45, 2.75) is 103 Å². The third-order valence-electron chi connectivity index (χ3n) is 3.76. The number of nitrogens with two attached hydrogens (primary N) is 1. The van der Waals surface area contributed by atoms with Gasteiger partial charge < -0.3 is 10.8 Å². The van der Waals surface area contributed by atoms with Crippen LogP contribution in [0.5, 0.6) is 0 Å². The molecule has 0 aromatic rings. The molecule has 0 aromatic carbocycles. The van der Waals surface area contributed by atoms with E-state index in [4.69, 9.17) is 10.8 Å². The predicted octanol–water partition coefficient (Wildman–Crippen LogP) is 5.30. The molecule has 0 fully saturated rings. The summed E-state index contributed by atoms with van der Waals surface area (Å²) in [6.07, 6.45) is 21.8. The fourth-order valence-electron chi connectivity index (χ4n) is 2.42. The summed E-state index contributed by atoms with van der Waals surface area (Å²) in [4.78, 5) is 0. The number of aliphatic hydroxyl groups excluding tert-OH is 1. The Bertz CT molecular complexity index is 202. The number of unbranched alkanes of at least 4 members (excludes halogenated alkanes) is 11. The van der Waals surface area contributed by atoms with Crippen LogP contribution in [0.15, 0.2) is 12.2 Å². The minimum absolute atomic E-state index is 0.608. The Morgan fingerprint density at radius 1 is 0.750 bits per heavy atom.